The summed E-state index contributed by atoms with van der Waals surface area (Å²) >= 11 is 0. The van der Waals surface area contributed by atoms with Crippen LogP contribution in [0.2, 0.25) is 0 Å². The maximum atomic E-state index is 13.2. The molecule has 8 heteroatoms. The van der Waals surface area contributed by atoms with Gasteiger partial charge in [0.1, 0.15) is 0 Å². The van der Waals surface area contributed by atoms with Crippen molar-refractivity contribution in [3.8, 4) is 6.07 Å². The van der Waals surface area contributed by atoms with Gasteiger partial charge in [-0.05, 0) is 35.7 Å². The minimum atomic E-state index is -3.93. The van der Waals surface area contributed by atoms with E-state index in [0.717, 1.165) is 0 Å². The average molecular weight is 405 g/mol. The number of nitrogens with zero attached hydrogens (tertiary/aromatic N) is 1. The van der Waals surface area contributed by atoms with Crippen molar-refractivity contribution in [2.75, 3.05) is 6.54 Å². The van der Waals surface area contributed by atoms with Gasteiger partial charge in [0.05, 0.1) is 20.8 Å². The van der Waals surface area contributed by atoms with Gasteiger partial charge in [0.15, 0.2) is 0 Å². The van der Waals surface area contributed by atoms with E-state index in [9.17, 15) is 16.8 Å². The Kier molecular flexibility index (Phi) is 4.67. The molecule has 0 saturated heterocycles. The Labute approximate surface area is 159 Å². The molecule has 27 heavy (non-hydrogen) atoms. The van der Waals surface area contributed by atoms with Gasteiger partial charge in [-0.3, -0.25) is 0 Å². The first-order chi connectivity index (χ1) is 12.5. The molecule has 2 aromatic carbocycles. The van der Waals surface area contributed by atoms with E-state index in [4.69, 9.17) is 5.26 Å². The number of nitrogens with one attached hydrogen (secondary N) is 1. The molecule has 0 saturated carbocycles. The van der Waals surface area contributed by atoms with E-state index in [-0.39, 0.29) is 27.7 Å². The molecule has 142 valence electrons. The number of nitriles is 1. The van der Waals surface area contributed by atoms with Crippen LogP contribution >= 0.6 is 0 Å². The highest BCUT2D eigenvalue weighted by atomic mass is 32.2. The molecular weight excluding hydrogens is 384 g/mol. The summed E-state index contributed by atoms with van der Waals surface area (Å²) in [4.78, 5) is 0.127. The second kappa shape index (κ2) is 6.44. The first kappa shape index (κ1) is 19.5. The third-order valence-electron chi connectivity index (χ3n) is 4.91. The summed E-state index contributed by atoms with van der Waals surface area (Å²) in [7, 11) is -7.77. The number of fused-ring (bicyclic) bond motifs is 2. The van der Waals surface area contributed by atoms with Crippen LogP contribution in [0.3, 0.4) is 0 Å². The van der Waals surface area contributed by atoms with Crippen LogP contribution in [-0.2, 0) is 25.3 Å². The molecule has 0 unspecified atom stereocenters. The van der Waals surface area contributed by atoms with E-state index in [1.165, 1.54) is 6.07 Å². The Morgan fingerprint density at radius 3 is 2.44 bits per heavy atom. The zero-order valence-corrected chi connectivity index (χ0v) is 16.9. The van der Waals surface area contributed by atoms with Gasteiger partial charge in [-0.1, -0.05) is 38.1 Å². The number of sulfone groups is 1. The third kappa shape index (κ3) is 3.06. The Bertz CT molecular complexity index is 1170. The molecule has 0 radical (unpaired) electrons. The number of hydrogen-bond donors (Lipinski definition) is 1. The lowest BCUT2D eigenvalue weighted by Gasteiger charge is -2.35. The summed E-state index contributed by atoms with van der Waals surface area (Å²) in [5, 5.41) is 8.60. The summed E-state index contributed by atoms with van der Waals surface area (Å²) < 4.78 is 53.9. The molecule has 0 bridgehead atoms. The molecule has 6 nitrogen and oxygen atoms in total. The monoisotopic (exact) mass is 404 g/mol. The van der Waals surface area contributed by atoms with Gasteiger partial charge < -0.3 is 0 Å². The van der Waals surface area contributed by atoms with Crippen molar-refractivity contribution in [2.45, 2.75) is 47.3 Å². The standard InChI is InChI=1S/C19H20N2O4S2/c1-13-11-15-18(12-17(13)27(24,25)21-10-6-9-20)26(22,23)16-8-5-4-7-14(16)19(15,2)3/h4-5,7-8,11-12,21H,6,10H2,1-3H3. The molecule has 1 heterocycles. The first-order valence-electron chi connectivity index (χ1n) is 8.40. The molecule has 0 spiro atoms. The normalized spacial score (nSPS) is 16.8. The van der Waals surface area contributed by atoms with E-state index in [2.05, 4.69) is 4.72 Å². The lowest BCUT2D eigenvalue weighted by atomic mass is 9.77. The van der Waals surface area contributed by atoms with Gasteiger partial charge in [0.2, 0.25) is 19.9 Å². The van der Waals surface area contributed by atoms with Crippen molar-refractivity contribution >= 4 is 19.9 Å². The highest BCUT2D eigenvalue weighted by Gasteiger charge is 2.41. The fourth-order valence-corrected chi connectivity index (χ4v) is 6.81. The molecule has 1 N–H and O–H groups in total. The lowest BCUT2D eigenvalue weighted by Crippen LogP contribution is -2.31. The van der Waals surface area contributed by atoms with Crippen LogP contribution in [0.5, 0.6) is 0 Å². The van der Waals surface area contributed by atoms with Gasteiger partial charge in [0.25, 0.3) is 0 Å². The summed E-state index contributed by atoms with van der Waals surface area (Å²) in [6.45, 7) is 5.47. The van der Waals surface area contributed by atoms with Crippen LogP contribution in [0.15, 0.2) is 51.1 Å². The fourth-order valence-electron chi connectivity index (χ4n) is 3.47. The second-order valence-corrected chi connectivity index (χ2v) is 10.7. The lowest BCUT2D eigenvalue weighted by molar-refractivity contribution is 0.553. The van der Waals surface area contributed by atoms with E-state index in [0.29, 0.717) is 16.7 Å². The Balaban J connectivity index is 2.26. The molecule has 0 aliphatic carbocycles. The van der Waals surface area contributed by atoms with Crippen molar-refractivity contribution in [3.05, 3.63) is 53.1 Å². The van der Waals surface area contributed by atoms with Gasteiger partial charge >= 0.3 is 0 Å². The molecule has 3 rings (SSSR count). The largest absolute Gasteiger partial charge is 0.240 e. The van der Waals surface area contributed by atoms with E-state index in [1.54, 1.807) is 37.3 Å². The number of aryl methyl sites for hydroxylation is 1. The van der Waals surface area contributed by atoms with Gasteiger partial charge in [-0.2, -0.15) is 5.26 Å². The predicted octanol–water partition coefficient (Wildman–Crippen LogP) is 2.66. The van der Waals surface area contributed by atoms with Crippen LogP contribution in [0.25, 0.3) is 0 Å². The number of hydrogen-bond acceptors (Lipinski definition) is 5. The molecule has 1 aliphatic rings. The minimum Gasteiger partial charge on any atom is -0.218 e. The SMILES string of the molecule is Cc1cc2c(cc1S(=O)(=O)NCCC#N)S(=O)(=O)c1ccccc1C2(C)C. The maximum Gasteiger partial charge on any atom is 0.240 e. The van der Waals surface area contributed by atoms with Crippen LogP contribution in [0.4, 0.5) is 0 Å². The minimum absolute atomic E-state index is 0.0115. The predicted molar refractivity (Wildman–Crippen MR) is 101 cm³/mol. The van der Waals surface area contributed by atoms with Gasteiger partial charge in [0, 0.05) is 18.4 Å². The number of benzene rings is 2. The topological polar surface area (TPSA) is 104 Å². The summed E-state index contributed by atoms with van der Waals surface area (Å²) in [6.07, 6.45) is 0.0297. The van der Waals surface area contributed by atoms with E-state index < -0.39 is 25.3 Å². The van der Waals surface area contributed by atoms with Crippen molar-refractivity contribution in [2.24, 2.45) is 0 Å². The highest BCUT2D eigenvalue weighted by Crippen LogP contribution is 2.46. The molecule has 0 atom stereocenters. The Morgan fingerprint density at radius 1 is 1.11 bits per heavy atom. The van der Waals surface area contributed by atoms with E-state index in [1.807, 2.05) is 19.9 Å². The molecule has 0 amide bonds. The van der Waals surface area contributed by atoms with Crippen molar-refractivity contribution in [3.63, 3.8) is 0 Å². The highest BCUT2D eigenvalue weighted by molar-refractivity contribution is 7.92. The van der Waals surface area contributed by atoms with Crippen molar-refractivity contribution in [1.82, 2.24) is 4.72 Å². The zero-order chi connectivity index (χ0) is 20.0. The zero-order valence-electron chi connectivity index (χ0n) is 15.3. The smallest absolute Gasteiger partial charge is 0.218 e. The van der Waals surface area contributed by atoms with E-state index >= 15 is 0 Å². The van der Waals surface area contributed by atoms with Crippen molar-refractivity contribution in [1.29, 1.82) is 5.26 Å². The van der Waals surface area contributed by atoms with Crippen LogP contribution in [0, 0.1) is 18.3 Å². The summed E-state index contributed by atoms with van der Waals surface area (Å²) in [5.41, 5.74) is 1.15. The molecular formula is C19H20N2O4S2. The average Bonchev–Trinajstić information content (AvgIpc) is 2.60. The summed E-state index contributed by atoms with van der Waals surface area (Å²) in [6, 6.07) is 11.5. The Hall–Kier alpha value is -2.21. The molecule has 1 aliphatic heterocycles. The third-order valence-corrected chi connectivity index (χ3v) is 8.36. The fraction of sp³-hybridized carbons (Fsp3) is 0.316. The maximum absolute atomic E-state index is 13.2. The molecule has 0 aromatic heterocycles. The molecule has 2 aromatic rings. The van der Waals surface area contributed by atoms with Gasteiger partial charge in [-0.15, -0.1) is 0 Å². The van der Waals surface area contributed by atoms with Gasteiger partial charge in [-0.25, -0.2) is 21.6 Å². The van der Waals surface area contributed by atoms with Crippen LogP contribution in [-0.4, -0.2) is 23.4 Å². The van der Waals surface area contributed by atoms with Crippen LogP contribution in [0.1, 0.15) is 37.0 Å². The number of rotatable bonds is 4. The Morgan fingerprint density at radius 2 is 1.78 bits per heavy atom. The van der Waals surface area contributed by atoms with Crippen LogP contribution < -0.4 is 4.72 Å². The quantitative estimate of drug-likeness (QED) is 0.789. The molecule has 0 fully saturated rings. The first-order valence-corrected chi connectivity index (χ1v) is 11.4. The summed E-state index contributed by atoms with van der Waals surface area (Å²) in [5.74, 6) is 0. The second-order valence-electron chi connectivity index (χ2n) is 7.04. The van der Waals surface area contributed by atoms with Crippen molar-refractivity contribution < 1.29 is 16.8 Å². The number of sulfonamides is 1.